The van der Waals surface area contributed by atoms with E-state index in [1.165, 1.54) is 24.9 Å². The summed E-state index contributed by atoms with van der Waals surface area (Å²) < 4.78 is 3.90. The van der Waals surface area contributed by atoms with Crippen LogP contribution in [0.2, 0.25) is 0 Å². The van der Waals surface area contributed by atoms with Gasteiger partial charge in [-0.2, -0.15) is 5.10 Å². The molecule has 3 aromatic rings. The molecule has 1 N–H and O–H groups in total. The largest absolute Gasteiger partial charge is 0.376 e. The Morgan fingerprint density at radius 3 is 3.00 bits per heavy atom. The molecule has 0 spiro atoms. The molecule has 106 valence electrons. The number of nitrogens with one attached hydrogen (secondary N) is 1. The third-order valence-electron chi connectivity index (χ3n) is 3.57. The van der Waals surface area contributed by atoms with E-state index in [-0.39, 0.29) is 0 Å². The minimum atomic E-state index is 0.632. The first-order valence-corrected chi connectivity index (χ1v) is 6.96. The lowest BCUT2D eigenvalue weighted by Gasteiger charge is -2.11. The lowest BCUT2D eigenvalue weighted by Crippen LogP contribution is -2.09. The molecule has 1 aliphatic rings. The van der Waals surface area contributed by atoms with Crippen LogP contribution in [0.25, 0.3) is 5.82 Å². The molecule has 0 aliphatic heterocycles. The molecule has 0 radical (unpaired) electrons. The van der Waals surface area contributed by atoms with Gasteiger partial charge in [0.2, 0.25) is 0 Å². The van der Waals surface area contributed by atoms with Gasteiger partial charge in [0.25, 0.3) is 0 Å². The second kappa shape index (κ2) is 5.01. The summed E-state index contributed by atoms with van der Waals surface area (Å²) in [6.45, 7) is 0.712. The van der Waals surface area contributed by atoms with Crippen molar-refractivity contribution in [3.05, 3.63) is 49.2 Å². The Labute approximate surface area is 121 Å². The van der Waals surface area contributed by atoms with Gasteiger partial charge in [0.1, 0.15) is 12.7 Å². The zero-order valence-electron chi connectivity index (χ0n) is 11.4. The van der Waals surface area contributed by atoms with Crippen LogP contribution in [0.15, 0.2) is 43.5 Å². The summed E-state index contributed by atoms with van der Waals surface area (Å²) in [5.41, 5.74) is 2.11. The Morgan fingerprint density at radius 1 is 1.24 bits per heavy atom. The highest BCUT2D eigenvalue weighted by molar-refractivity contribution is 5.56. The van der Waals surface area contributed by atoms with E-state index in [0.717, 1.165) is 11.5 Å². The Balaban J connectivity index is 1.56. The first-order chi connectivity index (χ1) is 10.4. The van der Waals surface area contributed by atoms with Gasteiger partial charge in [-0.05, 0) is 25.0 Å². The van der Waals surface area contributed by atoms with Gasteiger partial charge >= 0.3 is 0 Å². The Morgan fingerprint density at radius 2 is 2.19 bits per heavy atom. The maximum Gasteiger partial charge on any atom is 0.178 e. The SMILES string of the molecule is c1cnc(-n2cncn2)c(NCc2cncn2C2CC2)c1. The van der Waals surface area contributed by atoms with E-state index >= 15 is 0 Å². The number of aromatic nitrogens is 6. The van der Waals surface area contributed by atoms with Gasteiger partial charge in [-0.15, -0.1) is 0 Å². The molecule has 0 unspecified atom stereocenters. The van der Waals surface area contributed by atoms with Gasteiger partial charge in [0, 0.05) is 18.4 Å². The van der Waals surface area contributed by atoms with Crippen molar-refractivity contribution in [2.45, 2.75) is 25.4 Å². The number of rotatable bonds is 5. The quantitative estimate of drug-likeness (QED) is 0.772. The second-order valence-electron chi connectivity index (χ2n) is 5.09. The summed E-state index contributed by atoms with van der Waals surface area (Å²) in [5.74, 6) is 0.743. The van der Waals surface area contributed by atoms with Crippen LogP contribution in [-0.4, -0.2) is 29.3 Å². The molecule has 1 fully saturated rings. The zero-order chi connectivity index (χ0) is 14.1. The van der Waals surface area contributed by atoms with Gasteiger partial charge in [0.05, 0.1) is 24.3 Å². The molecule has 1 aliphatic carbocycles. The van der Waals surface area contributed by atoms with Crippen molar-refractivity contribution >= 4 is 5.69 Å². The summed E-state index contributed by atoms with van der Waals surface area (Å²) in [6, 6.07) is 4.52. The molecule has 7 nitrogen and oxygen atoms in total. The molecule has 7 heteroatoms. The van der Waals surface area contributed by atoms with E-state index in [1.54, 1.807) is 17.2 Å². The summed E-state index contributed by atoms with van der Waals surface area (Å²) in [7, 11) is 0. The summed E-state index contributed by atoms with van der Waals surface area (Å²) in [5, 5.41) is 7.55. The highest BCUT2D eigenvalue weighted by Gasteiger charge is 2.25. The van der Waals surface area contributed by atoms with Crippen molar-refractivity contribution in [3.8, 4) is 5.82 Å². The normalized spacial score (nSPS) is 14.3. The maximum absolute atomic E-state index is 4.37. The van der Waals surface area contributed by atoms with E-state index in [2.05, 4.69) is 29.9 Å². The first kappa shape index (κ1) is 12.1. The smallest absolute Gasteiger partial charge is 0.178 e. The van der Waals surface area contributed by atoms with Gasteiger partial charge < -0.3 is 9.88 Å². The second-order valence-corrected chi connectivity index (χ2v) is 5.09. The molecule has 1 saturated carbocycles. The van der Waals surface area contributed by atoms with Crippen molar-refractivity contribution in [2.75, 3.05) is 5.32 Å². The maximum atomic E-state index is 4.37. The Bertz CT molecular complexity index is 727. The van der Waals surface area contributed by atoms with Crippen LogP contribution in [0.1, 0.15) is 24.6 Å². The lowest BCUT2D eigenvalue weighted by molar-refractivity contribution is 0.700. The Hall–Kier alpha value is -2.70. The molecule has 21 heavy (non-hydrogen) atoms. The minimum Gasteiger partial charge on any atom is -0.376 e. The monoisotopic (exact) mass is 281 g/mol. The van der Waals surface area contributed by atoms with Crippen LogP contribution < -0.4 is 5.32 Å². The number of nitrogens with zero attached hydrogens (tertiary/aromatic N) is 6. The van der Waals surface area contributed by atoms with E-state index in [4.69, 9.17) is 0 Å². The molecule has 4 rings (SSSR count). The fraction of sp³-hybridized carbons (Fsp3) is 0.286. The molecule has 3 heterocycles. The third-order valence-corrected chi connectivity index (χ3v) is 3.57. The van der Waals surface area contributed by atoms with Gasteiger partial charge in [0.15, 0.2) is 5.82 Å². The fourth-order valence-electron chi connectivity index (χ4n) is 2.37. The van der Waals surface area contributed by atoms with Gasteiger partial charge in [-0.3, -0.25) is 0 Å². The van der Waals surface area contributed by atoms with Crippen LogP contribution in [0.5, 0.6) is 0 Å². The number of hydrogen-bond acceptors (Lipinski definition) is 5. The van der Waals surface area contributed by atoms with E-state index in [0.29, 0.717) is 12.6 Å². The lowest BCUT2D eigenvalue weighted by atomic mass is 10.3. The van der Waals surface area contributed by atoms with Crippen molar-refractivity contribution in [3.63, 3.8) is 0 Å². The van der Waals surface area contributed by atoms with Crippen LogP contribution in [0, 0.1) is 0 Å². The van der Waals surface area contributed by atoms with Gasteiger partial charge in [-0.1, -0.05) is 0 Å². The van der Waals surface area contributed by atoms with Crippen molar-refractivity contribution < 1.29 is 0 Å². The van der Waals surface area contributed by atoms with Crippen molar-refractivity contribution in [1.29, 1.82) is 0 Å². The molecule has 0 aromatic carbocycles. The summed E-state index contributed by atoms with van der Waals surface area (Å²) in [4.78, 5) is 12.6. The summed E-state index contributed by atoms with van der Waals surface area (Å²) in [6.07, 6.45) is 11.2. The topological polar surface area (TPSA) is 73.5 Å². The highest BCUT2D eigenvalue weighted by Crippen LogP contribution is 2.35. The molecular formula is C14H15N7. The zero-order valence-corrected chi connectivity index (χ0v) is 11.4. The average molecular weight is 281 g/mol. The Kier molecular flexibility index (Phi) is 2.88. The molecule has 0 bridgehead atoms. The van der Waals surface area contributed by atoms with Crippen LogP contribution in [0.3, 0.4) is 0 Å². The third kappa shape index (κ3) is 2.37. The highest BCUT2D eigenvalue weighted by atomic mass is 15.3. The van der Waals surface area contributed by atoms with E-state index < -0.39 is 0 Å². The fourth-order valence-corrected chi connectivity index (χ4v) is 2.37. The molecular weight excluding hydrogens is 266 g/mol. The molecule has 0 atom stereocenters. The molecule has 0 saturated heterocycles. The summed E-state index contributed by atoms with van der Waals surface area (Å²) >= 11 is 0. The molecule has 0 amide bonds. The predicted molar refractivity (Wildman–Crippen MR) is 77.0 cm³/mol. The number of imidazole rings is 1. The van der Waals surface area contributed by atoms with Crippen LogP contribution >= 0.6 is 0 Å². The van der Waals surface area contributed by atoms with E-state index in [1.807, 2.05) is 24.7 Å². The predicted octanol–water partition coefficient (Wildman–Crippen LogP) is 1.81. The first-order valence-electron chi connectivity index (χ1n) is 6.96. The van der Waals surface area contributed by atoms with Crippen LogP contribution in [0.4, 0.5) is 5.69 Å². The van der Waals surface area contributed by atoms with Gasteiger partial charge in [-0.25, -0.2) is 19.6 Å². The molecule has 3 aromatic heterocycles. The average Bonchev–Trinajstić information content (AvgIpc) is 3.04. The number of pyridine rings is 1. The van der Waals surface area contributed by atoms with Crippen molar-refractivity contribution in [2.24, 2.45) is 0 Å². The minimum absolute atomic E-state index is 0.632. The standard InChI is InChI=1S/C14H15N7/c1-2-13(14(17-5-1)21-10-16-8-19-21)18-7-12-6-15-9-20(12)11-3-4-11/h1-2,5-6,8-11,18H,3-4,7H2. The van der Waals surface area contributed by atoms with Crippen molar-refractivity contribution in [1.82, 2.24) is 29.3 Å². The van der Waals surface area contributed by atoms with Crippen LogP contribution in [-0.2, 0) is 6.54 Å². The number of anilines is 1. The van der Waals surface area contributed by atoms with E-state index in [9.17, 15) is 0 Å². The number of hydrogen-bond donors (Lipinski definition) is 1.